The number of para-hydroxylation sites is 2. The Morgan fingerprint density at radius 3 is 1.62 bits per heavy atom. The van der Waals surface area contributed by atoms with Crippen LogP contribution in [0.5, 0.6) is 0 Å². The Morgan fingerprint density at radius 2 is 0.833 bits per heavy atom. The number of nitrogens with zero attached hydrogens (tertiary/aromatic N) is 1. The molecule has 2 heteroatoms. The van der Waals surface area contributed by atoms with E-state index in [2.05, 4.69) is 217 Å². The zero-order valence-corrected chi connectivity index (χ0v) is 32.7. The van der Waals surface area contributed by atoms with E-state index in [-0.39, 0.29) is 0 Å². The molecule has 0 amide bonds. The SMILES string of the molecule is c1cc(-c2cc3ccccc3c3ccccc23)cc(N(c2ccc(-c3ccc4ccc5ccccc5c4c3)cc2)c2ccc(-c3cccc4c3oc3ccccc34)cc2)c1. The largest absolute Gasteiger partial charge is 0.455 e. The van der Waals surface area contributed by atoms with Gasteiger partial charge >= 0.3 is 0 Å². The van der Waals surface area contributed by atoms with Crippen molar-refractivity contribution in [1.29, 1.82) is 0 Å². The van der Waals surface area contributed by atoms with E-state index >= 15 is 0 Å². The Kier molecular flexibility index (Phi) is 7.89. The van der Waals surface area contributed by atoms with Crippen LogP contribution >= 0.6 is 0 Å². The van der Waals surface area contributed by atoms with Crippen LogP contribution in [0.1, 0.15) is 0 Å². The highest BCUT2D eigenvalue weighted by molar-refractivity contribution is 6.14. The highest BCUT2D eigenvalue weighted by Crippen LogP contribution is 2.42. The predicted octanol–water partition coefficient (Wildman–Crippen LogP) is 16.7. The summed E-state index contributed by atoms with van der Waals surface area (Å²) < 4.78 is 6.45. The lowest BCUT2D eigenvalue weighted by Gasteiger charge is -2.26. The number of furan rings is 1. The average Bonchev–Trinajstić information content (AvgIpc) is 3.71. The molecule has 0 unspecified atom stereocenters. The van der Waals surface area contributed by atoms with Crippen LogP contribution < -0.4 is 4.90 Å². The van der Waals surface area contributed by atoms with Crippen molar-refractivity contribution in [3.63, 3.8) is 0 Å². The van der Waals surface area contributed by atoms with E-state index in [4.69, 9.17) is 4.42 Å². The van der Waals surface area contributed by atoms with Crippen molar-refractivity contribution in [2.45, 2.75) is 0 Å². The van der Waals surface area contributed by atoms with Crippen molar-refractivity contribution >= 4 is 82.1 Å². The number of benzene rings is 11. The van der Waals surface area contributed by atoms with Gasteiger partial charge in [-0.1, -0.05) is 170 Å². The fourth-order valence-corrected chi connectivity index (χ4v) is 9.30. The molecule has 0 aliphatic rings. The highest BCUT2D eigenvalue weighted by Gasteiger charge is 2.18. The molecule has 0 saturated heterocycles. The normalized spacial score (nSPS) is 11.7. The summed E-state index contributed by atoms with van der Waals surface area (Å²) in [6, 6.07) is 81.3. The van der Waals surface area contributed by atoms with Crippen molar-refractivity contribution in [1.82, 2.24) is 0 Å². The summed E-state index contributed by atoms with van der Waals surface area (Å²) in [7, 11) is 0. The zero-order valence-electron chi connectivity index (χ0n) is 32.7. The smallest absolute Gasteiger partial charge is 0.143 e. The lowest BCUT2D eigenvalue weighted by molar-refractivity contribution is 0.670. The molecular weight excluding hydrogens is 727 g/mol. The van der Waals surface area contributed by atoms with Gasteiger partial charge < -0.3 is 9.32 Å². The molecule has 280 valence electrons. The number of anilines is 3. The van der Waals surface area contributed by atoms with Crippen LogP contribution in [0, 0.1) is 0 Å². The van der Waals surface area contributed by atoms with Crippen LogP contribution in [0.3, 0.4) is 0 Å². The summed E-state index contributed by atoms with van der Waals surface area (Å²) in [6.07, 6.45) is 0. The minimum absolute atomic E-state index is 0.905. The van der Waals surface area contributed by atoms with E-state index in [0.717, 1.165) is 50.1 Å². The van der Waals surface area contributed by atoms with Gasteiger partial charge in [0.2, 0.25) is 0 Å². The summed E-state index contributed by atoms with van der Waals surface area (Å²) in [5.41, 5.74) is 12.0. The molecule has 0 aliphatic carbocycles. The van der Waals surface area contributed by atoms with Crippen molar-refractivity contribution in [3.8, 4) is 33.4 Å². The van der Waals surface area contributed by atoms with Gasteiger partial charge in [0.15, 0.2) is 0 Å². The van der Waals surface area contributed by atoms with Crippen molar-refractivity contribution in [3.05, 3.63) is 224 Å². The van der Waals surface area contributed by atoms with E-state index in [1.165, 1.54) is 65.3 Å². The first-order chi connectivity index (χ1) is 29.7. The third-order valence-corrected chi connectivity index (χ3v) is 12.2. The van der Waals surface area contributed by atoms with E-state index in [1.807, 2.05) is 12.1 Å². The maximum Gasteiger partial charge on any atom is 0.143 e. The van der Waals surface area contributed by atoms with Gasteiger partial charge in [0.1, 0.15) is 11.2 Å². The second-order valence-electron chi connectivity index (χ2n) is 15.7. The summed E-state index contributed by atoms with van der Waals surface area (Å²) in [6.45, 7) is 0. The molecule has 60 heavy (non-hydrogen) atoms. The topological polar surface area (TPSA) is 16.4 Å². The molecule has 1 aromatic heterocycles. The lowest BCUT2D eigenvalue weighted by atomic mass is 9.93. The fourth-order valence-electron chi connectivity index (χ4n) is 9.30. The van der Waals surface area contributed by atoms with Crippen LogP contribution in [0.25, 0.3) is 98.4 Å². The second-order valence-corrected chi connectivity index (χ2v) is 15.7. The van der Waals surface area contributed by atoms with Gasteiger partial charge in [-0.25, -0.2) is 0 Å². The molecule has 0 aliphatic heterocycles. The monoisotopic (exact) mass is 763 g/mol. The maximum atomic E-state index is 6.45. The first-order valence-corrected chi connectivity index (χ1v) is 20.6. The standard InChI is InChI=1S/C58H37NO/c1-3-15-48-39(11-1)23-24-41-25-26-42(36-55(41)48)38-27-31-45(32-28-38)59(46-33-29-40(30-34-46)50-20-10-21-54-53-19-7-8-22-57(53)60-58(50)54)47-14-9-13-43(35-47)56-37-44-12-2-4-16-49(44)51-17-5-6-18-52(51)56/h1-37H. The molecule has 11 aromatic carbocycles. The van der Waals surface area contributed by atoms with Gasteiger partial charge in [0.05, 0.1) is 0 Å². The molecule has 0 atom stereocenters. The average molecular weight is 764 g/mol. The van der Waals surface area contributed by atoms with Crippen molar-refractivity contribution in [2.24, 2.45) is 0 Å². The summed E-state index contributed by atoms with van der Waals surface area (Å²) in [5.74, 6) is 0. The lowest BCUT2D eigenvalue weighted by Crippen LogP contribution is -2.10. The van der Waals surface area contributed by atoms with Gasteiger partial charge in [-0.15, -0.1) is 0 Å². The van der Waals surface area contributed by atoms with Gasteiger partial charge in [-0.05, 0) is 126 Å². The molecule has 2 nitrogen and oxygen atoms in total. The predicted molar refractivity (Wildman–Crippen MR) is 255 cm³/mol. The molecule has 0 radical (unpaired) electrons. The summed E-state index contributed by atoms with van der Waals surface area (Å²) in [5, 5.41) is 12.3. The van der Waals surface area contributed by atoms with Crippen LogP contribution in [0.2, 0.25) is 0 Å². The maximum absolute atomic E-state index is 6.45. The van der Waals surface area contributed by atoms with Crippen LogP contribution in [-0.4, -0.2) is 0 Å². The number of rotatable bonds is 6. The highest BCUT2D eigenvalue weighted by atomic mass is 16.3. The Labute approximate surface area is 347 Å². The summed E-state index contributed by atoms with van der Waals surface area (Å²) in [4.78, 5) is 2.37. The molecule has 12 rings (SSSR count). The van der Waals surface area contributed by atoms with Crippen molar-refractivity contribution < 1.29 is 4.42 Å². The van der Waals surface area contributed by atoms with Gasteiger partial charge in [0.25, 0.3) is 0 Å². The Balaban J connectivity index is 0.986. The molecular formula is C58H37NO. The summed E-state index contributed by atoms with van der Waals surface area (Å²) >= 11 is 0. The molecule has 12 aromatic rings. The molecule has 1 heterocycles. The Bertz CT molecular complexity index is 3600. The van der Waals surface area contributed by atoms with Gasteiger partial charge in [0, 0.05) is 33.4 Å². The third kappa shape index (κ3) is 5.65. The van der Waals surface area contributed by atoms with Crippen LogP contribution in [0.15, 0.2) is 229 Å². The first kappa shape index (κ1) is 34.1. The zero-order chi connectivity index (χ0) is 39.6. The van der Waals surface area contributed by atoms with Gasteiger partial charge in [-0.3, -0.25) is 0 Å². The fraction of sp³-hybridized carbons (Fsp3) is 0. The Hall–Kier alpha value is -7.94. The van der Waals surface area contributed by atoms with E-state index in [1.54, 1.807) is 0 Å². The molecule has 0 bridgehead atoms. The van der Waals surface area contributed by atoms with E-state index < -0.39 is 0 Å². The number of hydrogen-bond acceptors (Lipinski definition) is 2. The van der Waals surface area contributed by atoms with E-state index in [9.17, 15) is 0 Å². The van der Waals surface area contributed by atoms with Crippen molar-refractivity contribution in [2.75, 3.05) is 4.90 Å². The van der Waals surface area contributed by atoms with Gasteiger partial charge in [-0.2, -0.15) is 0 Å². The minimum atomic E-state index is 0.905. The third-order valence-electron chi connectivity index (χ3n) is 12.2. The van der Waals surface area contributed by atoms with Crippen LogP contribution in [0.4, 0.5) is 17.1 Å². The molecule has 0 N–H and O–H groups in total. The van der Waals surface area contributed by atoms with E-state index in [0.29, 0.717) is 0 Å². The molecule has 0 saturated carbocycles. The number of fused-ring (bicyclic) bond motifs is 9. The first-order valence-electron chi connectivity index (χ1n) is 20.6. The minimum Gasteiger partial charge on any atom is -0.455 e. The number of hydrogen-bond donors (Lipinski definition) is 0. The quantitative estimate of drug-likeness (QED) is 0.157. The Morgan fingerprint density at radius 1 is 0.267 bits per heavy atom. The molecule has 0 spiro atoms. The van der Waals surface area contributed by atoms with Crippen LogP contribution in [-0.2, 0) is 0 Å². The second kappa shape index (κ2) is 13.9. The molecule has 0 fully saturated rings.